The van der Waals surface area contributed by atoms with Gasteiger partial charge in [0.25, 0.3) is 5.56 Å². The van der Waals surface area contributed by atoms with Gasteiger partial charge in [0.15, 0.2) is 4.90 Å². The third-order valence-corrected chi connectivity index (χ3v) is 5.92. The zero-order valence-electron chi connectivity index (χ0n) is 14.6. The lowest BCUT2D eigenvalue weighted by molar-refractivity contribution is -0.128. The van der Waals surface area contributed by atoms with E-state index in [-0.39, 0.29) is 11.7 Å². The fraction of sp³-hybridized carbons (Fsp3) is 0.667. The number of carbonyl (C=O) groups is 1. The van der Waals surface area contributed by atoms with Crippen LogP contribution in [0.1, 0.15) is 51.6 Å². The summed E-state index contributed by atoms with van der Waals surface area (Å²) in [7, 11) is -4.30. The van der Waals surface area contributed by atoms with E-state index in [2.05, 4.69) is 15.0 Å². The van der Waals surface area contributed by atoms with Gasteiger partial charge in [-0.25, -0.2) is 13.2 Å². The summed E-state index contributed by atoms with van der Waals surface area (Å²) in [5, 5.41) is 2.76. The lowest BCUT2D eigenvalue weighted by Gasteiger charge is -2.36. The number of hydrogen-bond acceptors (Lipinski definition) is 5. The zero-order valence-corrected chi connectivity index (χ0v) is 15.4. The van der Waals surface area contributed by atoms with Crippen LogP contribution in [0, 0.1) is 6.92 Å². The molecule has 1 heterocycles. The third-order valence-electron chi connectivity index (χ3n) is 4.23. The molecule has 1 saturated carbocycles. The Morgan fingerprint density at radius 3 is 2.24 bits per heavy atom. The van der Waals surface area contributed by atoms with E-state index in [1.165, 1.54) is 6.92 Å². The van der Waals surface area contributed by atoms with E-state index in [4.69, 9.17) is 0 Å². The number of hydrogen-bond donors (Lipinski definition) is 4. The third kappa shape index (κ3) is 4.18. The zero-order chi connectivity index (χ0) is 18.8. The van der Waals surface area contributed by atoms with E-state index < -0.39 is 37.6 Å². The van der Waals surface area contributed by atoms with Crippen molar-refractivity contribution in [3.05, 3.63) is 26.5 Å². The predicted octanol–water partition coefficient (Wildman–Crippen LogP) is -0.123. The van der Waals surface area contributed by atoms with Crippen molar-refractivity contribution in [1.82, 2.24) is 20.0 Å². The number of aromatic amines is 2. The van der Waals surface area contributed by atoms with Gasteiger partial charge in [0.1, 0.15) is 5.54 Å². The molecule has 25 heavy (non-hydrogen) atoms. The Bertz CT molecular complexity index is 863. The monoisotopic (exact) mass is 372 g/mol. The highest BCUT2D eigenvalue weighted by atomic mass is 32.2. The number of rotatable bonds is 5. The number of carbonyl (C=O) groups excluding carboxylic acids is 1. The van der Waals surface area contributed by atoms with Gasteiger partial charge >= 0.3 is 5.69 Å². The molecule has 0 bridgehead atoms. The van der Waals surface area contributed by atoms with Gasteiger partial charge in [-0.15, -0.1) is 0 Å². The first-order chi connectivity index (χ1) is 11.6. The molecule has 0 aliphatic heterocycles. The van der Waals surface area contributed by atoms with Gasteiger partial charge < -0.3 is 10.3 Å². The van der Waals surface area contributed by atoms with Crippen molar-refractivity contribution in [1.29, 1.82) is 0 Å². The van der Waals surface area contributed by atoms with Crippen molar-refractivity contribution in [3.63, 3.8) is 0 Å². The molecule has 1 fully saturated rings. The van der Waals surface area contributed by atoms with Crippen molar-refractivity contribution < 1.29 is 13.2 Å². The second-order valence-electron chi connectivity index (χ2n) is 6.74. The minimum atomic E-state index is -4.30. The average molecular weight is 372 g/mol. The lowest BCUT2D eigenvalue weighted by atomic mass is 9.81. The quantitative estimate of drug-likeness (QED) is 0.570. The topological polar surface area (TPSA) is 141 Å². The number of amides is 1. The van der Waals surface area contributed by atoms with E-state index in [9.17, 15) is 22.8 Å². The number of aryl methyl sites for hydroxylation is 1. The highest BCUT2D eigenvalue weighted by Gasteiger charge is 2.44. The normalized spacial score (nSPS) is 17.4. The molecule has 4 N–H and O–H groups in total. The van der Waals surface area contributed by atoms with Crippen LogP contribution in [0.2, 0.25) is 0 Å². The Morgan fingerprint density at radius 1 is 1.12 bits per heavy atom. The summed E-state index contributed by atoms with van der Waals surface area (Å²) in [6, 6.07) is -0.144. The van der Waals surface area contributed by atoms with E-state index >= 15 is 0 Å². The van der Waals surface area contributed by atoms with Crippen LogP contribution in [0.4, 0.5) is 0 Å². The fourth-order valence-corrected chi connectivity index (χ4v) is 4.81. The molecule has 2 rings (SSSR count). The van der Waals surface area contributed by atoms with E-state index in [1.807, 2.05) is 4.98 Å². The van der Waals surface area contributed by atoms with Crippen molar-refractivity contribution in [3.8, 4) is 0 Å². The molecule has 140 valence electrons. The Hall–Kier alpha value is -1.94. The summed E-state index contributed by atoms with van der Waals surface area (Å²) in [6.45, 7) is 4.91. The van der Waals surface area contributed by atoms with Crippen LogP contribution in [0.3, 0.4) is 0 Å². The van der Waals surface area contributed by atoms with Crippen molar-refractivity contribution >= 4 is 15.9 Å². The van der Waals surface area contributed by atoms with Crippen LogP contribution in [0.25, 0.3) is 0 Å². The molecule has 1 aromatic rings. The Morgan fingerprint density at radius 2 is 1.72 bits per heavy atom. The smallest absolute Gasteiger partial charge is 0.325 e. The average Bonchev–Trinajstić information content (AvgIpc) is 2.45. The van der Waals surface area contributed by atoms with Crippen LogP contribution < -0.4 is 21.3 Å². The maximum Gasteiger partial charge on any atom is 0.325 e. The van der Waals surface area contributed by atoms with Gasteiger partial charge in [-0.2, -0.15) is 4.72 Å². The van der Waals surface area contributed by atoms with E-state index in [0.717, 1.165) is 6.42 Å². The molecule has 10 heteroatoms. The van der Waals surface area contributed by atoms with E-state index in [0.29, 0.717) is 25.7 Å². The van der Waals surface area contributed by atoms with Crippen LogP contribution >= 0.6 is 0 Å². The summed E-state index contributed by atoms with van der Waals surface area (Å²) in [6.07, 6.45) is 3.02. The maximum atomic E-state index is 12.8. The molecule has 0 atom stereocenters. The molecule has 1 aliphatic rings. The molecule has 0 radical (unpaired) electrons. The first kappa shape index (κ1) is 19.4. The minimum absolute atomic E-state index is 0.0727. The molecule has 1 aliphatic carbocycles. The summed E-state index contributed by atoms with van der Waals surface area (Å²) in [4.78, 5) is 39.6. The van der Waals surface area contributed by atoms with Gasteiger partial charge in [0.2, 0.25) is 15.9 Å². The molecule has 9 nitrogen and oxygen atoms in total. The summed E-state index contributed by atoms with van der Waals surface area (Å²) in [5.41, 5.74) is -3.16. The van der Waals surface area contributed by atoms with Crippen LogP contribution in [0.5, 0.6) is 0 Å². The second-order valence-corrected chi connectivity index (χ2v) is 8.36. The highest BCUT2D eigenvalue weighted by Crippen LogP contribution is 2.30. The molecular weight excluding hydrogens is 348 g/mol. The molecular formula is C15H24N4O5S. The van der Waals surface area contributed by atoms with Gasteiger partial charge in [0.05, 0.1) is 0 Å². The molecule has 0 saturated heterocycles. The molecule has 0 aromatic carbocycles. The van der Waals surface area contributed by atoms with Gasteiger partial charge in [-0.3, -0.25) is 14.6 Å². The van der Waals surface area contributed by atoms with Gasteiger partial charge in [0, 0.05) is 11.7 Å². The Labute approximate surface area is 145 Å². The van der Waals surface area contributed by atoms with Crippen LogP contribution in [0.15, 0.2) is 14.5 Å². The van der Waals surface area contributed by atoms with Crippen LogP contribution in [-0.2, 0) is 14.8 Å². The van der Waals surface area contributed by atoms with Crippen molar-refractivity contribution in [2.75, 3.05) is 0 Å². The Kier molecular flexibility index (Phi) is 5.52. The summed E-state index contributed by atoms with van der Waals surface area (Å²) >= 11 is 0. The second kappa shape index (κ2) is 7.12. The van der Waals surface area contributed by atoms with Gasteiger partial charge in [-0.05, 0) is 33.6 Å². The summed E-state index contributed by atoms with van der Waals surface area (Å²) < 4.78 is 28.1. The highest BCUT2D eigenvalue weighted by molar-refractivity contribution is 7.89. The minimum Gasteiger partial charge on any atom is -0.352 e. The standard InChI is InChI=1S/C15H24N4O5S/c1-9(2)16-13(21)15(7-5-4-6-8-15)19-25(23,24)11-10(3)17-14(22)18-12(11)20/h9,19H,4-8H2,1-3H3,(H,16,21)(H2,17,18,20,22). The largest absolute Gasteiger partial charge is 0.352 e. The van der Waals surface area contributed by atoms with Crippen LogP contribution in [-0.4, -0.2) is 35.9 Å². The number of nitrogens with one attached hydrogen (secondary N) is 4. The van der Waals surface area contributed by atoms with Gasteiger partial charge in [-0.1, -0.05) is 19.3 Å². The fourth-order valence-electron chi connectivity index (χ4n) is 3.15. The summed E-state index contributed by atoms with van der Waals surface area (Å²) in [5.74, 6) is -0.399. The van der Waals surface area contributed by atoms with Crippen molar-refractivity contribution in [2.24, 2.45) is 0 Å². The SMILES string of the molecule is Cc1[nH]c(=O)[nH]c(=O)c1S(=O)(=O)NC1(C(=O)NC(C)C)CCCCC1. The Balaban J connectivity index is 2.46. The lowest BCUT2D eigenvalue weighted by Crippen LogP contribution is -2.61. The number of aromatic nitrogens is 2. The molecule has 1 amide bonds. The first-order valence-corrected chi connectivity index (χ1v) is 9.74. The predicted molar refractivity (Wildman–Crippen MR) is 91.8 cm³/mol. The van der Waals surface area contributed by atoms with Crippen molar-refractivity contribution in [2.45, 2.75) is 69.4 Å². The molecule has 0 unspecified atom stereocenters. The molecule has 1 aromatic heterocycles. The number of sulfonamides is 1. The number of H-pyrrole nitrogens is 2. The van der Waals surface area contributed by atoms with E-state index in [1.54, 1.807) is 13.8 Å². The maximum absolute atomic E-state index is 12.8. The molecule has 0 spiro atoms. The first-order valence-electron chi connectivity index (χ1n) is 8.25.